The molecule has 3 nitrogen and oxygen atoms in total. The van der Waals surface area contributed by atoms with Crippen molar-refractivity contribution < 1.29 is 8.81 Å². The molecule has 0 aliphatic carbocycles. The first-order chi connectivity index (χ1) is 9.65. The summed E-state index contributed by atoms with van der Waals surface area (Å²) in [5.74, 6) is 0.227. The number of para-hydroxylation sites is 2. The van der Waals surface area contributed by atoms with E-state index in [0.29, 0.717) is 22.3 Å². The molecule has 3 rings (SSSR count). The molecule has 1 aromatic heterocycles. The monoisotopic (exact) mass is 334 g/mol. The minimum atomic E-state index is -0.381. The van der Waals surface area contributed by atoms with Gasteiger partial charge < -0.3 is 10.2 Å². The summed E-state index contributed by atoms with van der Waals surface area (Å²) in [7, 11) is 0. The second kappa shape index (κ2) is 5.34. The third kappa shape index (κ3) is 2.46. The molecule has 0 saturated heterocycles. The van der Waals surface area contributed by atoms with E-state index in [0.717, 1.165) is 11.1 Å². The van der Waals surface area contributed by atoms with Gasteiger partial charge in [0.05, 0.1) is 4.47 Å². The Kier molecular flexibility index (Phi) is 3.54. The van der Waals surface area contributed by atoms with Gasteiger partial charge in [-0.15, -0.1) is 0 Å². The Morgan fingerprint density at radius 2 is 2.00 bits per heavy atom. The van der Waals surface area contributed by atoms with Crippen molar-refractivity contribution in [3.63, 3.8) is 0 Å². The van der Waals surface area contributed by atoms with Crippen LogP contribution < -0.4 is 5.73 Å². The summed E-state index contributed by atoms with van der Waals surface area (Å²) in [6, 6.07) is 12.0. The highest BCUT2D eigenvalue weighted by molar-refractivity contribution is 9.10. The van der Waals surface area contributed by atoms with Crippen molar-refractivity contribution in [3.8, 4) is 0 Å². The number of nitrogens with two attached hydrogens (primary N) is 1. The lowest BCUT2D eigenvalue weighted by molar-refractivity contribution is 0.500. The number of rotatable bonds is 3. The van der Waals surface area contributed by atoms with Gasteiger partial charge in [-0.05, 0) is 39.7 Å². The van der Waals surface area contributed by atoms with Crippen LogP contribution in [0.15, 0.2) is 51.4 Å². The van der Waals surface area contributed by atoms with Gasteiger partial charge in [0.25, 0.3) is 0 Å². The fraction of sp³-hybridized carbons (Fsp3) is 0.133. The molecule has 0 spiro atoms. The fourth-order valence-electron chi connectivity index (χ4n) is 2.11. The summed E-state index contributed by atoms with van der Waals surface area (Å²) < 4.78 is 19.5. The van der Waals surface area contributed by atoms with E-state index in [2.05, 4.69) is 20.9 Å². The van der Waals surface area contributed by atoms with Crippen molar-refractivity contribution in [1.29, 1.82) is 0 Å². The smallest absolute Gasteiger partial charge is 0.197 e. The SMILES string of the molecule is NC(Cc1nc2ccccc2o1)c1cccc(F)c1Br. The van der Waals surface area contributed by atoms with E-state index in [1.165, 1.54) is 6.07 Å². The van der Waals surface area contributed by atoms with Gasteiger partial charge in [0.2, 0.25) is 0 Å². The number of benzene rings is 2. The summed E-state index contributed by atoms with van der Waals surface area (Å²) >= 11 is 3.22. The number of oxazole rings is 1. The fourth-order valence-corrected chi connectivity index (χ4v) is 2.67. The molecule has 0 aliphatic heterocycles. The van der Waals surface area contributed by atoms with Crippen LogP contribution >= 0.6 is 15.9 Å². The van der Waals surface area contributed by atoms with E-state index in [1.807, 2.05) is 24.3 Å². The third-order valence-corrected chi connectivity index (χ3v) is 3.95. The molecule has 5 heteroatoms. The van der Waals surface area contributed by atoms with Gasteiger partial charge in [-0.3, -0.25) is 0 Å². The quantitative estimate of drug-likeness (QED) is 0.788. The maximum Gasteiger partial charge on any atom is 0.197 e. The highest BCUT2D eigenvalue weighted by atomic mass is 79.9. The van der Waals surface area contributed by atoms with Crippen molar-refractivity contribution in [1.82, 2.24) is 4.98 Å². The maximum absolute atomic E-state index is 13.5. The molecule has 2 N–H and O–H groups in total. The average molecular weight is 335 g/mol. The molecule has 0 saturated carbocycles. The van der Waals surface area contributed by atoms with Crippen LogP contribution in [0.2, 0.25) is 0 Å². The lowest BCUT2D eigenvalue weighted by Crippen LogP contribution is -2.14. The molecular weight excluding hydrogens is 323 g/mol. The minimum absolute atomic E-state index is 0.324. The number of aromatic nitrogens is 1. The van der Waals surface area contributed by atoms with Gasteiger partial charge in [0, 0.05) is 12.5 Å². The molecule has 20 heavy (non-hydrogen) atoms. The zero-order valence-electron chi connectivity index (χ0n) is 10.5. The Balaban J connectivity index is 1.88. The standard InChI is InChI=1S/C15H12BrFN2O/c16-15-9(4-3-5-10(15)17)11(18)8-14-19-12-6-1-2-7-13(12)20-14/h1-7,11H,8,18H2. The first-order valence-corrected chi connectivity index (χ1v) is 6.98. The Morgan fingerprint density at radius 1 is 1.20 bits per heavy atom. The Hall–Kier alpha value is -1.72. The number of hydrogen-bond donors (Lipinski definition) is 1. The average Bonchev–Trinajstić information content (AvgIpc) is 2.83. The predicted molar refractivity (Wildman–Crippen MR) is 78.7 cm³/mol. The molecule has 1 atom stereocenters. The number of fused-ring (bicyclic) bond motifs is 1. The van der Waals surface area contributed by atoms with E-state index in [4.69, 9.17) is 10.2 Å². The number of halogens is 2. The van der Waals surface area contributed by atoms with Crippen molar-refractivity contribution in [2.45, 2.75) is 12.5 Å². The normalized spacial score (nSPS) is 12.8. The third-order valence-electron chi connectivity index (χ3n) is 3.11. The summed E-state index contributed by atoms with van der Waals surface area (Å²) in [5, 5.41) is 0. The topological polar surface area (TPSA) is 52.0 Å². The molecule has 3 aromatic rings. The van der Waals surface area contributed by atoms with E-state index in [9.17, 15) is 4.39 Å². The van der Waals surface area contributed by atoms with Gasteiger partial charge in [-0.1, -0.05) is 24.3 Å². The first kappa shape index (κ1) is 13.3. The lowest BCUT2D eigenvalue weighted by Gasteiger charge is -2.12. The van der Waals surface area contributed by atoms with Gasteiger partial charge in [0.1, 0.15) is 11.3 Å². The Bertz CT molecular complexity index is 723. The molecular formula is C15H12BrFN2O. The number of nitrogens with zero attached hydrogens (tertiary/aromatic N) is 1. The zero-order chi connectivity index (χ0) is 14.1. The summed E-state index contributed by atoms with van der Waals surface area (Å²) in [6.45, 7) is 0. The highest BCUT2D eigenvalue weighted by Gasteiger charge is 2.16. The molecule has 0 amide bonds. The van der Waals surface area contributed by atoms with Crippen LogP contribution in [-0.4, -0.2) is 4.98 Å². The summed E-state index contributed by atoms with van der Waals surface area (Å²) in [4.78, 5) is 4.37. The molecule has 102 valence electrons. The van der Waals surface area contributed by atoms with Crippen LogP contribution in [0, 0.1) is 5.82 Å². The van der Waals surface area contributed by atoms with Crippen molar-refractivity contribution >= 4 is 27.0 Å². The van der Waals surface area contributed by atoms with Crippen molar-refractivity contribution in [2.24, 2.45) is 5.73 Å². The molecule has 1 heterocycles. The minimum Gasteiger partial charge on any atom is -0.441 e. The molecule has 0 aliphatic rings. The van der Waals surface area contributed by atoms with E-state index in [-0.39, 0.29) is 11.9 Å². The van der Waals surface area contributed by atoms with Crippen molar-refractivity contribution in [3.05, 3.63) is 64.2 Å². The van der Waals surface area contributed by atoms with Gasteiger partial charge in [-0.2, -0.15) is 0 Å². The zero-order valence-corrected chi connectivity index (χ0v) is 12.1. The second-order valence-electron chi connectivity index (χ2n) is 4.53. The largest absolute Gasteiger partial charge is 0.441 e. The van der Waals surface area contributed by atoms with Crippen LogP contribution in [0.1, 0.15) is 17.5 Å². The lowest BCUT2D eigenvalue weighted by atomic mass is 10.0. The summed E-state index contributed by atoms with van der Waals surface area (Å²) in [6.07, 6.45) is 0.413. The predicted octanol–water partition coefficient (Wildman–Crippen LogP) is 3.97. The van der Waals surface area contributed by atoms with Gasteiger partial charge in [0.15, 0.2) is 11.5 Å². The van der Waals surface area contributed by atoms with Crippen LogP contribution in [0.25, 0.3) is 11.1 Å². The summed E-state index contributed by atoms with van der Waals surface area (Å²) in [5.41, 5.74) is 8.35. The van der Waals surface area contributed by atoms with E-state index >= 15 is 0 Å². The van der Waals surface area contributed by atoms with Gasteiger partial charge >= 0.3 is 0 Å². The maximum atomic E-state index is 13.5. The molecule has 0 fully saturated rings. The van der Waals surface area contributed by atoms with Crippen LogP contribution in [-0.2, 0) is 6.42 Å². The molecule has 2 aromatic carbocycles. The van der Waals surface area contributed by atoms with E-state index in [1.54, 1.807) is 12.1 Å². The Labute approximate surface area is 123 Å². The first-order valence-electron chi connectivity index (χ1n) is 6.19. The second-order valence-corrected chi connectivity index (χ2v) is 5.32. The molecule has 0 bridgehead atoms. The molecule has 0 radical (unpaired) electrons. The van der Waals surface area contributed by atoms with Gasteiger partial charge in [-0.25, -0.2) is 9.37 Å². The molecule has 1 unspecified atom stereocenters. The van der Waals surface area contributed by atoms with E-state index < -0.39 is 0 Å². The van der Waals surface area contributed by atoms with Crippen LogP contribution in [0.3, 0.4) is 0 Å². The highest BCUT2D eigenvalue weighted by Crippen LogP contribution is 2.27. The Morgan fingerprint density at radius 3 is 2.80 bits per heavy atom. The van der Waals surface area contributed by atoms with Crippen LogP contribution in [0.4, 0.5) is 4.39 Å². The van der Waals surface area contributed by atoms with Crippen LogP contribution in [0.5, 0.6) is 0 Å². The van der Waals surface area contributed by atoms with Crippen molar-refractivity contribution in [2.75, 3.05) is 0 Å². The number of hydrogen-bond acceptors (Lipinski definition) is 3.